The average molecular weight is 474 g/mol. The van der Waals surface area contributed by atoms with Gasteiger partial charge in [-0.25, -0.2) is 0 Å². The lowest BCUT2D eigenvalue weighted by molar-refractivity contribution is 0.102. The van der Waals surface area contributed by atoms with Crippen LogP contribution in [0.1, 0.15) is 29.8 Å². The van der Waals surface area contributed by atoms with Crippen LogP contribution in [-0.2, 0) is 19.8 Å². The predicted molar refractivity (Wildman–Crippen MR) is 131 cm³/mol. The van der Waals surface area contributed by atoms with Crippen molar-refractivity contribution in [3.05, 3.63) is 71.1 Å². The number of thiophene rings is 1. The molecule has 5 N–H and O–H groups in total. The summed E-state index contributed by atoms with van der Waals surface area (Å²) in [7, 11) is -2.00. The minimum absolute atomic E-state index is 0.0806. The highest BCUT2D eigenvalue weighted by Crippen LogP contribution is 2.51. The Hall–Kier alpha value is -2.48. The highest BCUT2D eigenvalue weighted by Gasteiger charge is 2.26. The van der Waals surface area contributed by atoms with Crippen molar-refractivity contribution in [2.75, 3.05) is 24.8 Å². The lowest BCUT2D eigenvalue weighted by Gasteiger charge is -2.23. The molecule has 1 heterocycles. The summed E-state index contributed by atoms with van der Waals surface area (Å²) in [6.07, 6.45) is 0.0806. The van der Waals surface area contributed by atoms with Crippen LogP contribution in [0.2, 0.25) is 0 Å². The number of anilines is 2. The Morgan fingerprint density at radius 1 is 1.16 bits per heavy atom. The minimum atomic E-state index is -3.34. The standard InChI is InChI=1S/C23H28N3O4PS/c1-23(2,25)15-30-31(28,29-3)14-16-6-8-17(9-7-16)22(27)26-20-13-18(10-11-19(20)24)21-5-4-12-32-21/h4-13H,14-15,24-25H2,1-3H3,(H,26,27). The van der Waals surface area contributed by atoms with Gasteiger partial charge >= 0.3 is 7.60 Å². The summed E-state index contributed by atoms with van der Waals surface area (Å²) in [5.74, 6) is -0.289. The number of nitrogens with two attached hydrogens (primary N) is 2. The van der Waals surface area contributed by atoms with E-state index in [0.29, 0.717) is 16.9 Å². The van der Waals surface area contributed by atoms with Crippen LogP contribution in [0.4, 0.5) is 11.4 Å². The van der Waals surface area contributed by atoms with Crippen LogP contribution in [0.5, 0.6) is 0 Å². The number of carbonyl (C=O) groups is 1. The van der Waals surface area contributed by atoms with E-state index in [1.807, 2.05) is 29.6 Å². The summed E-state index contributed by atoms with van der Waals surface area (Å²) in [5, 5.41) is 4.86. The number of benzene rings is 2. The Morgan fingerprint density at radius 2 is 1.88 bits per heavy atom. The summed E-state index contributed by atoms with van der Waals surface area (Å²) in [6.45, 7) is 3.66. The Morgan fingerprint density at radius 3 is 2.47 bits per heavy atom. The van der Waals surface area contributed by atoms with Crippen molar-refractivity contribution < 1.29 is 18.4 Å². The van der Waals surface area contributed by atoms with E-state index >= 15 is 0 Å². The number of nitrogen functional groups attached to an aromatic ring is 1. The fourth-order valence-corrected chi connectivity index (χ4v) is 5.11. The molecule has 0 saturated carbocycles. The fourth-order valence-electron chi connectivity index (χ4n) is 2.87. The van der Waals surface area contributed by atoms with Gasteiger partial charge in [0.05, 0.1) is 24.1 Å². The Labute approximate surface area is 192 Å². The van der Waals surface area contributed by atoms with Crippen LogP contribution < -0.4 is 16.8 Å². The van der Waals surface area contributed by atoms with E-state index in [-0.39, 0.29) is 18.7 Å². The molecule has 9 heteroatoms. The van der Waals surface area contributed by atoms with Crippen LogP contribution in [0.15, 0.2) is 60.0 Å². The summed E-state index contributed by atoms with van der Waals surface area (Å²) in [6, 6.07) is 16.3. The molecule has 170 valence electrons. The first-order chi connectivity index (χ1) is 15.1. The molecule has 0 saturated heterocycles. The van der Waals surface area contributed by atoms with Gasteiger partial charge in [0.1, 0.15) is 0 Å². The quantitative estimate of drug-likeness (QED) is 0.285. The van der Waals surface area contributed by atoms with E-state index in [2.05, 4.69) is 5.32 Å². The van der Waals surface area contributed by atoms with Gasteiger partial charge in [-0.1, -0.05) is 24.3 Å². The zero-order valence-electron chi connectivity index (χ0n) is 18.3. The van der Waals surface area contributed by atoms with E-state index in [0.717, 1.165) is 16.0 Å². The molecule has 0 radical (unpaired) electrons. The molecule has 0 aliphatic rings. The third-order valence-electron chi connectivity index (χ3n) is 4.61. The SMILES string of the molecule is COP(=O)(Cc1ccc(C(=O)Nc2cc(-c3cccs3)ccc2N)cc1)OCC(C)(C)N. The van der Waals surface area contributed by atoms with E-state index < -0.39 is 13.1 Å². The molecule has 1 atom stereocenters. The molecular weight excluding hydrogens is 445 g/mol. The molecule has 0 aliphatic carbocycles. The van der Waals surface area contributed by atoms with Gasteiger partial charge in [0.2, 0.25) is 0 Å². The molecule has 0 aliphatic heterocycles. The molecule has 1 unspecified atom stereocenters. The highest BCUT2D eigenvalue weighted by atomic mass is 32.1. The average Bonchev–Trinajstić information content (AvgIpc) is 3.29. The number of rotatable bonds is 9. The highest BCUT2D eigenvalue weighted by molar-refractivity contribution is 7.53. The summed E-state index contributed by atoms with van der Waals surface area (Å²) in [5.41, 5.74) is 14.5. The maximum Gasteiger partial charge on any atom is 0.334 e. The van der Waals surface area contributed by atoms with Crippen LogP contribution in [0.3, 0.4) is 0 Å². The minimum Gasteiger partial charge on any atom is -0.397 e. The van der Waals surface area contributed by atoms with Crippen molar-refractivity contribution in [3.8, 4) is 10.4 Å². The molecule has 0 bridgehead atoms. The second-order valence-corrected chi connectivity index (χ2v) is 11.3. The van der Waals surface area contributed by atoms with Crippen molar-refractivity contribution in [1.82, 2.24) is 0 Å². The molecule has 1 aromatic heterocycles. The number of carbonyl (C=O) groups excluding carboxylic acids is 1. The number of amides is 1. The molecule has 0 fully saturated rings. The summed E-state index contributed by atoms with van der Waals surface area (Å²) >= 11 is 1.61. The molecular formula is C23H28N3O4PS. The molecule has 2 aromatic carbocycles. The maximum absolute atomic E-state index is 12.8. The van der Waals surface area contributed by atoms with Crippen molar-refractivity contribution in [2.45, 2.75) is 25.5 Å². The van der Waals surface area contributed by atoms with Crippen molar-refractivity contribution in [3.63, 3.8) is 0 Å². The lowest BCUT2D eigenvalue weighted by atomic mass is 10.1. The summed E-state index contributed by atoms with van der Waals surface area (Å²) in [4.78, 5) is 13.8. The van der Waals surface area contributed by atoms with Gasteiger partial charge in [-0.05, 0) is 60.7 Å². The molecule has 0 spiro atoms. The summed E-state index contributed by atoms with van der Waals surface area (Å²) < 4.78 is 23.4. The molecule has 3 rings (SSSR count). The van der Waals surface area contributed by atoms with Gasteiger partial charge in [-0.15, -0.1) is 11.3 Å². The molecule has 3 aromatic rings. The van der Waals surface area contributed by atoms with E-state index in [1.54, 1.807) is 55.5 Å². The van der Waals surface area contributed by atoms with Crippen LogP contribution in [0, 0.1) is 0 Å². The van der Waals surface area contributed by atoms with Gasteiger partial charge in [0, 0.05) is 23.1 Å². The number of nitrogens with one attached hydrogen (secondary N) is 1. The van der Waals surface area contributed by atoms with Crippen LogP contribution in [-0.4, -0.2) is 25.2 Å². The van der Waals surface area contributed by atoms with E-state index in [9.17, 15) is 9.36 Å². The van der Waals surface area contributed by atoms with E-state index in [1.165, 1.54) is 7.11 Å². The Balaban J connectivity index is 1.69. The van der Waals surface area contributed by atoms with Crippen molar-refractivity contribution >= 4 is 36.2 Å². The predicted octanol–water partition coefficient (Wildman–Crippen LogP) is 5.34. The van der Waals surface area contributed by atoms with Crippen molar-refractivity contribution in [1.29, 1.82) is 0 Å². The van der Waals surface area contributed by atoms with E-state index in [4.69, 9.17) is 20.5 Å². The van der Waals surface area contributed by atoms with Gasteiger partial charge < -0.3 is 25.8 Å². The number of hydrogen-bond donors (Lipinski definition) is 3. The maximum atomic E-state index is 12.8. The third kappa shape index (κ3) is 6.51. The first-order valence-corrected chi connectivity index (χ1v) is 12.6. The molecule has 32 heavy (non-hydrogen) atoms. The zero-order valence-corrected chi connectivity index (χ0v) is 20.0. The topological polar surface area (TPSA) is 117 Å². The third-order valence-corrected chi connectivity index (χ3v) is 7.36. The van der Waals surface area contributed by atoms with Crippen LogP contribution >= 0.6 is 18.9 Å². The second kappa shape index (κ2) is 9.98. The monoisotopic (exact) mass is 473 g/mol. The largest absolute Gasteiger partial charge is 0.397 e. The lowest BCUT2D eigenvalue weighted by Crippen LogP contribution is -2.37. The normalized spacial score (nSPS) is 13.5. The first kappa shape index (κ1) is 24.2. The fraction of sp³-hybridized carbons (Fsp3) is 0.261. The van der Waals surface area contributed by atoms with Crippen molar-refractivity contribution in [2.24, 2.45) is 5.73 Å². The van der Waals surface area contributed by atoms with Gasteiger partial charge in [-0.2, -0.15) is 0 Å². The smallest absolute Gasteiger partial charge is 0.334 e. The van der Waals surface area contributed by atoms with Gasteiger partial charge in [0.25, 0.3) is 5.91 Å². The Kier molecular flexibility index (Phi) is 7.54. The number of hydrogen-bond acceptors (Lipinski definition) is 7. The molecule has 1 amide bonds. The molecule has 7 nitrogen and oxygen atoms in total. The second-order valence-electron chi connectivity index (χ2n) is 8.14. The van der Waals surface area contributed by atoms with Gasteiger partial charge in [-0.3, -0.25) is 9.36 Å². The Bertz CT molecular complexity index is 1110. The first-order valence-electron chi connectivity index (χ1n) is 10.0. The van der Waals surface area contributed by atoms with Gasteiger partial charge in [0.15, 0.2) is 0 Å². The zero-order chi connectivity index (χ0) is 23.4. The van der Waals surface area contributed by atoms with Crippen LogP contribution in [0.25, 0.3) is 10.4 Å².